The molecule has 6 heteroatoms. The summed E-state index contributed by atoms with van der Waals surface area (Å²) in [5, 5.41) is 6.17. The largest absolute Gasteiger partial charge is 0.441 e. The van der Waals surface area contributed by atoms with Crippen molar-refractivity contribution in [3.8, 4) is 0 Å². The zero-order valence-electron chi connectivity index (χ0n) is 12.9. The van der Waals surface area contributed by atoms with E-state index in [0.29, 0.717) is 24.8 Å². The average Bonchev–Trinajstić information content (AvgIpc) is 2.81. The van der Waals surface area contributed by atoms with Crippen LogP contribution in [0.3, 0.4) is 0 Å². The van der Waals surface area contributed by atoms with E-state index in [-0.39, 0.29) is 24.2 Å². The van der Waals surface area contributed by atoms with Gasteiger partial charge in [0.1, 0.15) is 5.52 Å². The predicted molar refractivity (Wildman–Crippen MR) is 88.2 cm³/mol. The van der Waals surface area contributed by atoms with Gasteiger partial charge in [-0.1, -0.05) is 19.1 Å². The lowest BCUT2D eigenvalue weighted by molar-refractivity contribution is -0.126. The number of benzene rings is 1. The van der Waals surface area contributed by atoms with Gasteiger partial charge in [0.15, 0.2) is 11.5 Å². The molecule has 2 heterocycles. The van der Waals surface area contributed by atoms with Crippen molar-refractivity contribution in [2.24, 2.45) is 11.8 Å². The van der Waals surface area contributed by atoms with Gasteiger partial charge in [-0.3, -0.25) is 4.79 Å². The number of hydrogen-bond acceptors (Lipinski definition) is 4. The first-order valence-electron chi connectivity index (χ1n) is 7.48. The number of halogens is 1. The number of fused-ring (bicyclic) bond motifs is 1. The summed E-state index contributed by atoms with van der Waals surface area (Å²) in [6.07, 6.45) is 0.621. The summed E-state index contributed by atoms with van der Waals surface area (Å²) in [7, 11) is 0. The lowest BCUT2D eigenvalue weighted by atomic mass is 9.88. The standard InChI is InChI=1S/C16H21N3O2.ClH/c1-10-4-3-5-13-15(10)19-14(21-13)6-7-18-16(20)11(2)12-8-17-9-12;/h3-5,11-12,17H,6-9H2,1-2H3,(H,18,20);1H. The van der Waals surface area contributed by atoms with Gasteiger partial charge in [-0.05, 0) is 37.6 Å². The Hall–Kier alpha value is -1.59. The Kier molecular flexibility index (Phi) is 5.42. The van der Waals surface area contributed by atoms with Gasteiger partial charge < -0.3 is 15.1 Å². The van der Waals surface area contributed by atoms with E-state index in [0.717, 1.165) is 29.8 Å². The number of aromatic nitrogens is 1. The highest BCUT2D eigenvalue weighted by Gasteiger charge is 2.28. The van der Waals surface area contributed by atoms with Crippen LogP contribution < -0.4 is 10.6 Å². The minimum Gasteiger partial charge on any atom is -0.441 e. The van der Waals surface area contributed by atoms with E-state index in [1.165, 1.54) is 0 Å². The number of carbonyl (C=O) groups excluding carboxylic acids is 1. The van der Waals surface area contributed by atoms with Gasteiger partial charge >= 0.3 is 0 Å². The van der Waals surface area contributed by atoms with Crippen LogP contribution in [-0.2, 0) is 11.2 Å². The summed E-state index contributed by atoms with van der Waals surface area (Å²) in [4.78, 5) is 16.5. The zero-order chi connectivity index (χ0) is 14.8. The summed E-state index contributed by atoms with van der Waals surface area (Å²) in [6.45, 7) is 6.46. The third-order valence-corrected chi connectivity index (χ3v) is 4.24. The second kappa shape index (κ2) is 7.11. The summed E-state index contributed by atoms with van der Waals surface area (Å²) < 4.78 is 5.70. The first kappa shape index (κ1) is 16.8. The van der Waals surface area contributed by atoms with Crippen LogP contribution in [0.4, 0.5) is 0 Å². The van der Waals surface area contributed by atoms with E-state index in [1.54, 1.807) is 0 Å². The minimum absolute atomic E-state index is 0. The van der Waals surface area contributed by atoms with Gasteiger partial charge in [-0.2, -0.15) is 0 Å². The zero-order valence-corrected chi connectivity index (χ0v) is 13.7. The minimum atomic E-state index is 0. The number of aryl methyl sites for hydroxylation is 1. The van der Waals surface area contributed by atoms with Crippen molar-refractivity contribution in [1.82, 2.24) is 15.6 Å². The highest BCUT2D eigenvalue weighted by molar-refractivity contribution is 5.85. The first-order chi connectivity index (χ1) is 10.1. The Bertz CT molecular complexity index is 652. The van der Waals surface area contributed by atoms with Crippen LogP contribution in [0.1, 0.15) is 18.4 Å². The van der Waals surface area contributed by atoms with Crippen LogP contribution in [0.25, 0.3) is 11.1 Å². The van der Waals surface area contributed by atoms with Gasteiger partial charge in [0.05, 0.1) is 0 Å². The van der Waals surface area contributed by atoms with Gasteiger partial charge in [0.25, 0.3) is 0 Å². The first-order valence-corrected chi connectivity index (χ1v) is 7.48. The average molecular weight is 324 g/mol. The van der Waals surface area contributed by atoms with Crippen molar-refractivity contribution in [2.75, 3.05) is 19.6 Å². The number of oxazole rings is 1. The van der Waals surface area contributed by atoms with Gasteiger partial charge in [0.2, 0.25) is 5.91 Å². The Labute approximate surface area is 136 Å². The topological polar surface area (TPSA) is 67.2 Å². The number of rotatable bonds is 5. The Morgan fingerprint density at radius 2 is 2.27 bits per heavy atom. The number of amides is 1. The second-order valence-corrected chi connectivity index (χ2v) is 5.78. The molecule has 22 heavy (non-hydrogen) atoms. The van der Waals surface area contributed by atoms with Crippen LogP contribution in [0, 0.1) is 18.8 Å². The maximum absolute atomic E-state index is 12.0. The molecular formula is C16H22ClN3O2. The van der Waals surface area contributed by atoms with E-state index in [4.69, 9.17) is 4.42 Å². The molecule has 0 aliphatic carbocycles. The Balaban J connectivity index is 0.00000176. The number of para-hydroxylation sites is 1. The summed E-state index contributed by atoms with van der Waals surface area (Å²) in [5.41, 5.74) is 2.83. The molecule has 1 aliphatic rings. The fraction of sp³-hybridized carbons (Fsp3) is 0.500. The molecule has 0 bridgehead atoms. The maximum atomic E-state index is 12.0. The molecule has 1 amide bonds. The van der Waals surface area contributed by atoms with Crippen molar-refractivity contribution >= 4 is 29.4 Å². The van der Waals surface area contributed by atoms with Crippen LogP contribution in [-0.4, -0.2) is 30.5 Å². The van der Waals surface area contributed by atoms with E-state index in [9.17, 15) is 4.79 Å². The highest BCUT2D eigenvalue weighted by Crippen LogP contribution is 2.19. The SMILES string of the molecule is Cc1cccc2oc(CCNC(=O)C(C)C3CNC3)nc12.Cl. The molecule has 0 saturated carbocycles. The van der Waals surface area contributed by atoms with Crippen molar-refractivity contribution in [2.45, 2.75) is 20.3 Å². The molecule has 5 nitrogen and oxygen atoms in total. The number of carbonyl (C=O) groups is 1. The van der Waals surface area contributed by atoms with Crippen molar-refractivity contribution in [3.05, 3.63) is 29.7 Å². The summed E-state index contributed by atoms with van der Waals surface area (Å²) >= 11 is 0. The molecule has 0 spiro atoms. The fourth-order valence-electron chi connectivity index (χ4n) is 2.57. The summed E-state index contributed by atoms with van der Waals surface area (Å²) in [6, 6.07) is 5.90. The highest BCUT2D eigenvalue weighted by atomic mass is 35.5. The smallest absolute Gasteiger partial charge is 0.223 e. The molecule has 1 aromatic heterocycles. The molecule has 1 fully saturated rings. The number of hydrogen-bond donors (Lipinski definition) is 2. The third-order valence-electron chi connectivity index (χ3n) is 4.24. The molecule has 1 atom stereocenters. The van der Waals surface area contributed by atoms with Crippen molar-refractivity contribution < 1.29 is 9.21 Å². The van der Waals surface area contributed by atoms with Crippen LogP contribution >= 0.6 is 12.4 Å². The van der Waals surface area contributed by atoms with E-state index in [1.807, 2.05) is 32.0 Å². The van der Waals surface area contributed by atoms with Gasteiger partial charge in [-0.15, -0.1) is 12.4 Å². The van der Waals surface area contributed by atoms with Gasteiger partial charge in [-0.25, -0.2) is 4.98 Å². The van der Waals surface area contributed by atoms with Crippen molar-refractivity contribution in [1.29, 1.82) is 0 Å². The predicted octanol–water partition coefficient (Wildman–Crippen LogP) is 2.07. The number of nitrogens with zero attached hydrogens (tertiary/aromatic N) is 1. The fourth-order valence-corrected chi connectivity index (χ4v) is 2.57. The molecule has 1 saturated heterocycles. The maximum Gasteiger partial charge on any atom is 0.223 e. The lowest BCUT2D eigenvalue weighted by Crippen LogP contribution is -2.49. The van der Waals surface area contributed by atoms with Gasteiger partial charge in [0, 0.05) is 18.9 Å². The van der Waals surface area contributed by atoms with Crippen LogP contribution in [0.2, 0.25) is 0 Å². The monoisotopic (exact) mass is 323 g/mol. The molecule has 0 radical (unpaired) electrons. The molecule has 3 rings (SSSR count). The van der Waals surface area contributed by atoms with E-state index < -0.39 is 0 Å². The second-order valence-electron chi connectivity index (χ2n) is 5.78. The Morgan fingerprint density at radius 3 is 2.91 bits per heavy atom. The summed E-state index contributed by atoms with van der Waals surface area (Å²) in [5.74, 6) is 1.33. The number of nitrogens with one attached hydrogen (secondary N) is 2. The van der Waals surface area contributed by atoms with E-state index in [2.05, 4.69) is 15.6 Å². The molecular weight excluding hydrogens is 302 g/mol. The molecule has 2 N–H and O–H groups in total. The molecule has 2 aromatic rings. The molecule has 1 aliphatic heterocycles. The van der Waals surface area contributed by atoms with Crippen molar-refractivity contribution in [3.63, 3.8) is 0 Å². The Morgan fingerprint density at radius 1 is 1.50 bits per heavy atom. The molecule has 120 valence electrons. The normalized spacial score (nSPS) is 15.9. The van der Waals surface area contributed by atoms with Crippen LogP contribution in [0.15, 0.2) is 22.6 Å². The lowest BCUT2D eigenvalue weighted by Gasteiger charge is -2.31. The van der Waals surface area contributed by atoms with Crippen LogP contribution in [0.5, 0.6) is 0 Å². The van der Waals surface area contributed by atoms with E-state index >= 15 is 0 Å². The third kappa shape index (κ3) is 3.42. The molecule has 1 aromatic carbocycles. The quantitative estimate of drug-likeness (QED) is 0.884. The molecule has 1 unspecified atom stereocenters.